The van der Waals surface area contributed by atoms with Crippen molar-refractivity contribution in [2.75, 3.05) is 11.9 Å². The SMILES string of the molecule is C=CCCNC(=O)Nc1cc(C(=O)O)ccc1Br. The molecular weight excluding hydrogens is 300 g/mol. The first-order chi connectivity index (χ1) is 8.54. The van der Waals surface area contributed by atoms with Crippen molar-refractivity contribution >= 4 is 33.6 Å². The number of nitrogens with one attached hydrogen (secondary N) is 2. The molecule has 0 aliphatic heterocycles. The second-order valence-corrected chi connectivity index (χ2v) is 4.31. The van der Waals surface area contributed by atoms with Gasteiger partial charge in [0.25, 0.3) is 0 Å². The Labute approximate surface area is 113 Å². The van der Waals surface area contributed by atoms with E-state index >= 15 is 0 Å². The summed E-state index contributed by atoms with van der Waals surface area (Å²) in [4.78, 5) is 22.3. The van der Waals surface area contributed by atoms with Crippen LogP contribution in [0.2, 0.25) is 0 Å². The van der Waals surface area contributed by atoms with Crippen LogP contribution in [-0.4, -0.2) is 23.7 Å². The molecule has 0 fully saturated rings. The van der Waals surface area contributed by atoms with Gasteiger partial charge in [-0.2, -0.15) is 0 Å². The minimum absolute atomic E-state index is 0.111. The highest BCUT2D eigenvalue weighted by Crippen LogP contribution is 2.23. The zero-order valence-corrected chi connectivity index (χ0v) is 11.2. The number of carboxylic acids is 1. The monoisotopic (exact) mass is 312 g/mol. The van der Waals surface area contributed by atoms with Crippen molar-refractivity contribution in [3.05, 3.63) is 40.9 Å². The first kappa shape index (κ1) is 14.2. The van der Waals surface area contributed by atoms with Crippen molar-refractivity contribution in [1.82, 2.24) is 5.32 Å². The Morgan fingerprint density at radius 3 is 2.78 bits per heavy atom. The van der Waals surface area contributed by atoms with Crippen LogP contribution < -0.4 is 10.6 Å². The van der Waals surface area contributed by atoms with Gasteiger partial charge in [-0.15, -0.1) is 6.58 Å². The van der Waals surface area contributed by atoms with Crippen LogP contribution in [0.3, 0.4) is 0 Å². The fourth-order valence-electron chi connectivity index (χ4n) is 1.21. The topological polar surface area (TPSA) is 78.4 Å². The van der Waals surface area contributed by atoms with Crippen molar-refractivity contribution in [3.8, 4) is 0 Å². The molecule has 1 aromatic rings. The Morgan fingerprint density at radius 2 is 2.17 bits per heavy atom. The van der Waals surface area contributed by atoms with E-state index in [0.29, 0.717) is 23.1 Å². The van der Waals surface area contributed by atoms with Gasteiger partial charge in [0.05, 0.1) is 11.3 Å². The van der Waals surface area contributed by atoms with E-state index in [9.17, 15) is 9.59 Å². The van der Waals surface area contributed by atoms with Crippen LogP contribution in [-0.2, 0) is 0 Å². The zero-order chi connectivity index (χ0) is 13.5. The predicted octanol–water partition coefficient (Wildman–Crippen LogP) is 2.84. The standard InChI is InChI=1S/C12H13BrN2O3/c1-2-3-6-14-12(18)15-10-7-8(11(16)17)4-5-9(10)13/h2,4-5,7H,1,3,6H2,(H,16,17)(H2,14,15,18). The van der Waals surface area contributed by atoms with E-state index in [1.165, 1.54) is 12.1 Å². The van der Waals surface area contributed by atoms with E-state index in [-0.39, 0.29) is 11.6 Å². The van der Waals surface area contributed by atoms with Crippen molar-refractivity contribution in [1.29, 1.82) is 0 Å². The second kappa shape index (κ2) is 6.80. The molecule has 6 heteroatoms. The van der Waals surface area contributed by atoms with Crippen LogP contribution in [0.4, 0.5) is 10.5 Å². The number of anilines is 1. The number of halogens is 1. The van der Waals surface area contributed by atoms with Crippen molar-refractivity contribution < 1.29 is 14.7 Å². The van der Waals surface area contributed by atoms with Gasteiger partial charge >= 0.3 is 12.0 Å². The molecule has 0 atom stereocenters. The van der Waals surface area contributed by atoms with Gasteiger partial charge in [-0.05, 0) is 40.5 Å². The summed E-state index contributed by atoms with van der Waals surface area (Å²) in [5, 5.41) is 14.0. The van der Waals surface area contributed by atoms with E-state index in [4.69, 9.17) is 5.11 Å². The van der Waals surface area contributed by atoms with Gasteiger partial charge < -0.3 is 15.7 Å². The van der Waals surface area contributed by atoms with E-state index in [2.05, 4.69) is 33.1 Å². The van der Waals surface area contributed by atoms with Gasteiger partial charge in [0.15, 0.2) is 0 Å². The van der Waals surface area contributed by atoms with Crippen LogP contribution >= 0.6 is 15.9 Å². The molecule has 0 heterocycles. The molecule has 0 aliphatic rings. The number of aromatic carboxylic acids is 1. The highest BCUT2D eigenvalue weighted by molar-refractivity contribution is 9.10. The lowest BCUT2D eigenvalue weighted by Crippen LogP contribution is -2.29. The molecule has 0 radical (unpaired) electrons. The van der Waals surface area contributed by atoms with Gasteiger partial charge in [0.1, 0.15) is 0 Å². The Bertz CT molecular complexity index is 474. The summed E-state index contributed by atoms with van der Waals surface area (Å²) in [7, 11) is 0. The first-order valence-electron chi connectivity index (χ1n) is 5.23. The summed E-state index contributed by atoms with van der Waals surface area (Å²) in [6.07, 6.45) is 2.37. The molecule has 0 saturated heterocycles. The normalized spacial score (nSPS) is 9.61. The van der Waals surface area contributed by atoms with Gasteiger partial charge in [-0.1, -0.05) is 6.08 Å². The molecule has 0 spiro atoms. The summed E-state index contributed by atoms with van der Waals surface area (Å²) in [6, 6.07) is 4.02. The molecule has 96 valence electrons. The highest BCUT2D eigenvalue weighted by atomic mass is 79.9. The van der Waals surface area contributed by atoms with Crippen molar-refractivity contribution in [2.45, 2.75) is 6.42 Å². The van der Waals surface area contributed by atoms with Gasteiger partial charge in [0.2, 0.25) is 0 Å². The Hall–Kier alpha value is -1.82. The van der Waals surface area contributed by atoms with Crippen LogP contribution in [0.1, 0.15) is 16.8 Å². The molecule has 0 bridgehead atoms. The Kier molecular flexibility index (Phi) is 5.38. The third-order valence-corrected chi connectivity index (χ3v) is 2.79. The van der Waals surface area contributed by atoms with E-state index < -0.39 is 5.97 Å². The lowest BCUT2D eigenvalue weighted by atomic mass is 10.2. The maximum absolute atomic E-state index is 11.5. The summed E-state index contributed by atoms with van der Waals surface area (Å²) in [5.41, 5.74) is 0.519. The number of carbonyl (C=O) groups is 2. The second-order valence-electron chi connectivity index (χ2n) is 3.46. The lowest BCUT2D eigenvalue weighted by molar-refractivity contribution is 0.0697. The minimum Gasteiger partial charge on any atom is -0.478 e. The van der Waals surface area contributed by atoms with E-state index in [1.807, 2.05) is 0 Å². The summed E-state index contributed by atoms with van der Waals surface area (Å²) >= 11 is 3.24. The molecule has 0 unspecified atom stereocenters. The summed E-state index contributed by atoms with van der Waals surface area (Å²) < 4.78 is 0.617. The maximum Gasteiger partial charge on any atom is 0.335 e. The predicted molar refractivity (Wildman–Crippen MR) is 72.9 cm³/mol. The van der Waals surface area contributed by atoms with Gasteiger partial charge in [-0.25, -0.2) is 9.59 Å². The number of amides is 2. The molecule has 1 rings (SSSR count). The largest absolute Gasteiger partial charge is 0.478 e. The van der Waals surface area contributed by atoms with E-state index in [1.54, 1.807) is 12.1 Å². The van der Waals surface area contributed by atoms with Gasteiger partial charge in [0, 0.05) is 11.0 Å². The van der Waals surface area contributed by atoms with Crippen LogP contribution in [0.25, 0.3) is 0 Å². The third kappa shape index (κ3) is 4.21. The summed E-state index contributed by atoms with van der Waals surface area (Å²) in [6.45, 7) is 4.02. The van der Waals surface area contributed by atoms with Crippen LogP contribution in [0.5, 0.6) is 0 Å². The fraction of sp³-hybridized carbons (Fsp3) is 0.167. The molecular formula is C12H13BrN2O3. The van der Waals surface area contributed by atoms with Crippen LogP contribution in [0, 0.1) is 0 Å². The number of carbonyl (C=O) groups excluding carboxylic acids is 1. The van der Waals surface area contributed by atoms with Crippen molar-refractivity contribution in [2.24, 2.45) is 0 Å². The number of carboxylic acid groups (broad SMARTS) is 1. The lowest BCUT2D eigenvalue weighted by Gasteiger charge is -2.09. The average Bonchev–Trinajstić information content (AvgIpc) is 2.32. The summed E-state index contributed by atoms with van der Waals surface area (Å²) in [5.74, 6) is -1.04. The molecule has 0 aromatic heterocycles. The molecule has 18 heavy (non-hydrogen) atoms. The highest BCUT2D eigenvalue weighted by Gasteiger charge is 2.09. The number of rotatable bonds is 5. The molecule has 0 aliphatic carbocycles. The van der Waals surface area contributed by atoms with Crippen LogP contribution in [0.15, 0.2) is 35.3 Å². The average molecular weight is 313 g/mol. The number of hydrogen-bond acceptors (Lipinski definition) is 2. The van der Waals surface area contributed by atoms with Crippen molar-refractivity contribution in [3.63, 3.8) is 0 Å². The number of urea groups is 1. The quantitative estimate of drug-likeness (QED) is 0.578. The maximum atomic E-state index is 11.5. The smallest absolute Gasteiger partial charge is 0.335 e. The Balaban J connectivity index is 2.71. The minimum atomic E-state index is -1.04. The Morgan fingerprint density at radius 1 is 1.44 bits per heavy atom. The molecule has 2 amide bonds. The van der Waals surface area contributed by atoms with E-state index in [0.717, 1.165) is 0 Å². The number of hydrogen-bond donors (Lipinski definition) is 3. The molecule has 5 nitrogen and oxygen atoms in total. The molecule has 1 aromatic carbocycles. The fourth-order valence-corrected chi connectivity index (χ4v) is 1.55. The number of benzene rings is 1. The zero-order valence-electron chi connectivity index (χ0n) is 9.57. The third-order valence-electron chi connectivity index (χ3n) is 2.10. The van der Waals surface area contributed by atoms with Gasteiger partial charge in [-0.3, -0.25) is 0 Å². The molecule has 0 saturated carbocycles. The first-order valence-corrected chi connectivity index (χ1v) is 6.02. The molecule has 3 N–H and O–H groups in total.